The lowest BCUT2D eigenvalue weighted by molar-refractivity contribution is -0.123. The third-order valence-corrected chi connectivity index (χ3v) is 5.86. The fourth-order valence-corrected chi connectivity index (χ4v) is 4.49. The van der Waals surface area contributed by atoms with Gasteiger partial charge >= 0.3 is 0 Å². The van der Waals surface area contributed by atoms with Crippen molar-refractivity contribution in [3.63, 3.8) is 0 Å². The number of halogens is 2. The molecule has 4 aromatic rings. The molecule has 0 aliphatic rings. The van der Waals surface area contributed by atoms with Crippen molar-refractivity contribution in [1.29, 1.82) is 0 Å². The van der Waals surface area contributed by atoms with E-state index in [1.54, 1.807) is 19.5 Å². The summed E-state index contributed by atoms with van der Waals surface area (Å²) in [7, 11) is 1.63. The minimum absolute atomic E-state index is 0.206. The zero-order chi connectivity index (χ0) is 22.5. The Labute approximate surface area is 201 Å². The molecule has 0 radical (unpaired) electrons. The van der Waals surface area contributed by atoms with Gasteiger partial charge in [-0.15, -0.1) is 0 Å². The molecule has 4 rings (SSSR count). The standard InChI is InChI=1S/C23H18Br2N4O3/c1-31-17-8-6-15(7-9-17)29-11-3-4-16(29)13-27-28-21(30)14-32-23-20(25)12-19(24)18-5-2-10-26-22(18)23/h2-13H,14H2,1H3,(H,28,30)/b27-13+. The summed E-state index contributed by atoms with van der Waals surface area (Å²) < 4.78 is 14.5. The molecule has 0 fully saturated rings. The number of rotatable bonds is 7. The molecule has 1 amide bonds. The van der Waals surface area contributed by atoms with Gasteiger partial charge in [-0.1, -0.05) is 22.0 Å². The summed E-state index contributed by atoms with van der Waals surface area (Å²) in [6.07, 6.45) is 5.17. The van der Waals surface area contributed by atoms with Gasteiger partial charge in [0, 0.05) is 27.9 Å². The van der Waals surface area contributed by atoms with Crippen LogP contribution in [0.2, 0.25) is 0 Å². The molecule has 0 saturated heterocycles. The van der Waals surface area contributed by atoms with Gasteiger partial charge in [-0.2, -0.15) is 5.10 Å². The van der Waals surface area contributed by atoms with E-state index in [0.717, 1.165) is 27.0 Å². The third-order valence-electron chi connectivity index (χ3n) is 4.62. The first-order valence-corrected chi connectivity index (χ1v) is 11.1. The number of hydrogen-bond acceptors (Lipinski definition) is 5. The van der Waals surface area contributed by atoms with Gasteiger partial charge in [0.15, 0.2) is 12.4 Å². The number of carbonyl (C=O) groups excluding carboxylic acids is 1. The topological polar surface area (TPSA) is 77.7 Å². The average Bonchev–Trinajstić information content (AvgIpc) is 3.27. The van der Waals surface area contributed by atoms with Crippen LogP contribution in [0.3, 0.4) is 0 Å². The summed E-state index contributed by atoms with van der Waals surface area (Å²) >= 11 is 6.98. The van der Waals surface area contributed by atoms with Crippen molar-refractivity contribution in [1.82, 2.24) is 15.0 Å². The normalized spacial score (nSPS) is 11.1. The molecular weight excluding hydrogens is 540 g/mol. The smallest absolute Gasteiger partial charge is 0.277 e. The maximum absolute atomic E-state index is 12.3. The first-order valence-electron chi connectivity index (χ1n) is 9.56. The third kappa shape index (κ3) is 4.84. The molecule has 0 spiro atoms. The van der Waals surface area contributed by atoms with Gasteiger partial charge in [-0.3, -0.25) is 9.78 Å². The molecule has 0 saturated carbocycles. The first-order chi connectivity index (χ1) is 15.6. The lowest BCUT2D eigenvalue weighted by Gasteiger charge is -2.11. The van der Waals surface area contributed by atoms with Gasteiger partial charge in [0.2, 0.25) is 0 Å². The second-order valence-corrected chi connectivity index (χ2v) is 8.36. The average molecular weight is 558 g/mol. The molecule has 9 heteroatoms. The first kappa shape index (κ1) is 22.0. The number of amides is 1. The van der Waals surface area contributed by atoms with Gasteiger partial charge in [-0.25, -0.2) is 5.43 Å². The maximum atomic E-state index is 12.3. The number of aromatic nitrogens is 2. The Balaban J connectivity index is 1.40. The zero-order valence-electron chi connectivity index (χ0n) is 17.0. The Morgan fingerprint density at radius 1 is 1.16 bits per heavy atom. The highest BCUT2D eigenvalue weighted by Crippen LogP contribution is 2.37. The molecule has 2 heterocycles. The van der Waals surface area contributed by atoms with Gasteiger partial charge in [-0.05, 0) is 64.5 Å². The zero-order valence-corrected chi connectivity index (χ0v) is 20.1. The minimum atomic E-state index is -0.386. The van der Waals surface area contributed by atoms with Crippen LogP contribution < -0.4 is 14.9 Å². The predicted octanol–water partition coefficient (Wildman–Crippen LogP) is 5.09. The molecule has 162 valence electrons. The summed E-state index contributed by atoms with van der Waals surface area (Å²) in [5.74, 6) is 0.891. The predicted molar refractivity (Wildman–Crippen MR) is 131 cm³/mol. The molecule has 7 nitrogen and oxygen atoms in total. The molecule has 0 aliphatic carbocycles. The molecule has 1 N–H and O–H groups in total. The van der Waals surface area contributed by atoms with Crippen LogP contribution in [0.4, 0.5) is 0 Å². The number of benzene rings is 2. The van der Waals surface area contributed by atoms with E-state index in [1.807, 2.05) is 65.4 Å². The number of fused-ring (bicyclic) bond motifs is 1. The lowest BCUT2D eigenvalue weighted by atomic mass is 10.2. The van der Waals surface area contributed by atoms with Crippen LogP contribution in [0, 0.1) is 0 Å². The van der Waals surface area contributed by atoms with Gasteiger partial charge < -0.3 is 14.0 Å². The van der Waals surface area contributed by atoms with Crippen molar-refractivity contribution in [2.24, 2.45) is 5.10 Å². The van der Waals surface area contributed by atoms with Crippen LogP contribution in [-0.2, 0) is 4.79 Å². The fourth-order valence-electron chi connectivity index (χ4n) is 3.10. The number of methoxy groups -OCH3 is 1. The molecule has 2 aromatic heterocycles. The highest BCUT2D eigenvalue weighted by atomic mass is 79.9. The summed E-state index contributed by atoms with van der Waals surface area (Å²) in [4.78, 5) is 16.6. The Morgan fingerprint density at radius 3 is 2.75 bits per heavy atom. The summed E-state index contributed by atoms with van der Waals surface area (Å²) in [6, 6.07) is 17.1. The second kappa shape index (κ2) is 9.97. The molecule has 0 aliphatic heterocycles. The van der Waals surface area contributed by atoms with Crippen molar-refractivity contribution in [2.75, 3.05) is 13.7 Å². The summed E-state index contributed by atoms with van der Waals surface area (Å²) in [5.41, 5.74) is 4.91. The quantitative estimate of drug-likeness (QED) is 0.254. The van der Waals surface area contributed by atoms with Crippen LogP contribution in [-0.4, -0.2) is 35.4 Å². The molecular formula is C23H18Br2N4O3. The monoisotopic (exact) mass is 556 g/mol. The van der Waals surface area contributed by atoms with Crippen molar-refractivity contribution < 1.29 is 14.3 Å². The summed E-state index contributed by atoms with van der Waals surface area (Å²) in [5, 5.41) is 4.95. The lowest BCUT2D eigenvalue weighted by Crippen LogP contribution is -2.25. The SMILES string of the molecule is COc1ccc(-n2cccc2/C=N/NC(=O)COc2c(Br)cc(Br)c3cccnc23)cc1. The summed E-state index contributed by atoms with van der Waals surface area (Å²) in [6.45, 7) is -0.206. The Morgan fingerprint density at radius 2 is 1.97 bits per heavy atom. The molecule has 32 heavy (non-hydrogen) atoms. The Kier molecular flexibility index (Phi) is 6.87. The van der Waals surface area contributed by atoms with Crippen LogP contribution in [0.5, 0.6) is 11.5 Å². The van der Waals surface area contributed by atoms with Crippen molar-refractivity contribution in [2.45, 2.75) is 0 Å². The van der Waals surface area contributed by atoms with Gasteiger partial charge in [0.25, 0.3) is 5.91 Å². The minimum Gasteiger partial charge on any atom is -0.497 e. The van der Waals surface area contributed by atoms with Crippen LogP contribution in [0.1, 0.15) is 5.69 Å². The van der Waals surface area contributed by atoms with Crippen molar-refractivity contribution in [3.05, 3.63) is 81.6 Å². The number of pyridine rings is 1. The molecule has 0 atom stereocenters. The largest absolute Gasteiger partial charge is 0.497 e. The number of nitrogens with one attached hydrogen (secondary N) is 1. The number of carbonyl (C=O) groups is 1. The van der Waals surface area contributed by atoms with Crippen LogP contribution in [0.25, 0.3) is 16.6 Å². The van der Waals surface area contributed by atoms with Crippen LogP contribution >= 0.6 is 31.9 Å². The Hall–Kier alpha value is -3.17. The van der Waals surface area contributed by atoms with E-state index in [1.165, 1.54) is 0 Å². The van der Waals surface area contributed by atoms with Gasteiger partial charge in [0.05, 0.1) is 23.5 Å². The fraction of sp³-hybridized carbons (Fsp3) is 0.0870. The number of hydrazone groups is 1. The second-order valence-electron chi connectivity index (χ2n) is 6.65. The molecule has 0 bridgehead atoms. The molecule has 0 unspecified atom stereocenters. The van der Waals surface area contributed by atoms with E-state index in [4.69, 9.17) is 9.47 Å². The number of hydrogen-bond donors (Lipinski definition) is 1. The maximum Gasteiger partial charge on any atom is 0.277 e. The molecule has 2 aromatic carbocycles. The van der Waals surface area contributed by atoms with E-state index >= 15 is 0 Å². The van der Waals surface area contributed by atoms with E-state index in [-0.39, 0.29) is 12.5 Å². The van der Waals surface area contributed by atoms with Crippen LogP contribution in [0.15, 0.2) is 81.0 Å². The van der Waals surface area contributed by atoms with Gasteiger partial charge in [0.1, 0.15) is 11.3 Å². The Bertz CT molecular complexity index is 1290. The van der Waals surface area contributed by atoms with Crippen molar-refractivity contribution in [3.8, 4) is 17.2 Å². The highest BCUT2D eigenvalue weighted by molar-refractivity contribution is 9.11. The van der Waals surface area contributed by atoms with Crippen molar-refractivity contribution >= 4 is 54.9 Å². The number of ether oxygens (including phenoxy) is 2. The highest BCUT2D eigenvalue weighted by Gasteiger charge is 2.13. The van der Waals surface area contributed by atoms with E-state index in [2.05, 4.69) is 47.4 Å². The van der Waals surface area contributed by atoms with E-state index in [9.17, 15) is 4.79 Å². The number of nitrogens with zero attached hydrogens (tertiary/aromatic N) is 3. The van der Waals surface area contributed by atoms with E-state index in [0.29, 0.717) is 15.7 Å². The van der Waals surface area contributed by atoms with E-state index < -0.39 is 0 Å².